The average molecular weight is 145 g/mol. The van der Waals surface area contributed by atoms with Gasteiger partial charge in [-0.25, -0.2) is 10.0 Å². The lowest BCUT2D eigenvalue weighted by atomic mass is 10.7. The summed E-state index contributed by atoms with van der Waals surface area (Å²) in [4.78, 5) is 19.8. The van der Waals surface area contributed by atoms with Crippen molar-refractivity contribution < 1.29 is 0 Å². The Morgan fingerprint density at radius 3 is 2.00 bits per heavy atom. The van der Waals surface area contributed by atoms with Gasteiger partial charge in [-0.1, -0.05) is 0 Å². The normalized spacial score (nSPS) is 18.8. The van der Waals surface area contributed by atoms with Crippen molar-refractivity contribution in [1.29, 1.82) is 0 Å². The van der Waals surface area contributed by atoms with Crippen LogP contribution in [0.2, 0.25) is 0 Å². The van der Waals surface area contributed by atoms with Gasteiger partial charge < -0.3 is 0 Å². The number of hydrogen-bond donors (Lipinski definition) is 1. The van der Waals surface area contributed by atoms with Crippen molar-refractivity contribution in [1.82, 2.24) is 15.3 Å². The minimum Gasteiger partial charge on any atom is -0.280 e. The smallest absolute Gasteiger partial charge is 0.132 e. The first kappa shape index (κ1) is 6.87. The van der Waals surface area contributed by atoms with Gasteiger partial charge >= 0.3 is 0 Å². The number of hydrogen-bond acceptors (Lipinski definition) is 5. The highest BCUT2D eigenvalue weighted by molar-refractivity contribution is 4.57. The summed E-state index contributed by atoms with van der Waals surface area (Å²) in [5.74, 6) is 0. The van der Waals surface area contributed by atoms with Gasteiger partial charge in [0.25, 0.3) is 0 Å². The average Bonchev–Trinajstić information content (AvgIpc) is 2.05. The monoisotopic (exact) mass is 145 g/mol. The lowest BCUT2D eigenvalue weighted by Gasteiger charge is -2.27. The molecule has 0 saturated carbocycles. The number of rotatable bonds is 2. The van der Waals surface area contributed by atoms with Crippen LogP contribution in [0.5, 0.6) is 0 Å². The summed E-state index contributed by atoms with van der Waals surface area (Å²) >= 11 is 0. The molecule has 1 aliphatic heterocycles. The van der Waals surface area contributed by atoms with Crippen LogP contribution in [-0.4, -0.2) is 30.0 Å². The fraction of sp³-hybridized carbons (Fsp3) is 1.00. The topological polar surface area (TPSA) is 77.4 Å². The van der Waals surface area contributed by atoms with Gasteiger partial charge in [0.2, 0.25) is 0 Å². The first-order valence-electron chi connectivity index (χ1n) is 2.74. The SMILES string of the molecule is O=NN1CNCN(N=O)C1. The van der Waals surface area contributed by atoms with Crippen LogP contribution in [0.15, 0.2) is 10.6 Å². The Morgan fingerprint density at radius 1 is 1.10 bits per heavy atom. The van der Waals surface area contributed by atoms with Crippen molar-refractivity contribution in [2.45, 2.75) is 0 Å². The van der Waals surface area contributed by atoms with Crippen molar-refractivity contribution >= 4 is 0 Å². The lowest BCUT2D eigenvalue weighted by Crippen LogP contribution is -2.48. The van der Waals surface area contributed by atoms with Crippen LogP contribution in [0.25, 0.3) is 0 Å². The van der Waals surface area contributed by atoms with Crippen LogP contribution in [-0.2, 0) is 0 Å². The molecule has 1 heterocycles. The standard InChI is InChI=1S/C3H7N5O2/c9-5-7-1-4-2-8(3-7)6-10/h4H,1-3H2. The third-order valence-electron chi connectivity index (χ3n) is 1.15. The van der Waals surface area contributed by atoms with Gasteiger partial charge in [-0.15, -0.1) is 9.81 Å². The quantitative estimate of drug-likeness (QED) is 0.526. The fourth-order valence-corrected chi connectivity index (χ4v) is 0.706. The minimum absolute atomic E-state index is 0.167. The molecule has 0 aliphatic carbocycles. The minimum atomic E-state index is 0.167. The van der Waals surface area contributed by atoms with Crippen LogP contribution >= 0.6 is 0 Å². The molecular formula is C3H7N5O2. The number of nitrogens with zero attached hydrogens (tertiary/aromatic N) is 4. The van der Waals surface area contributed by atoms with Gasteiger partial charge in [0.05, 0.1) is 23.9 Å². The summed E-state index contributed by atoms with van der Waals surface area (Å²) in [7, 11) is 0. The first-order valence-corrected chi connectivity index (χ1v) is 2.74. The van der Waals surface area contributed by atoms with Crippen LogP contribution in [0.3, 0.4) is 0 Å². The van der Waals surface area contributed by atoms with E-state index in [2.05, 4.69) is 15.9 Å². The molecule has 1 saturated heterocycles. The molecule has 1 aliphatic rings. The molecule has 0 aromatic carbocycles. The Hall–Kier alpha value is -1.24. The highest BCUT2D eigenvalue weighted by Gasteiger charge is 2.14. The Bertz CT molecular complexity index is 125. The molecule has 1 rings (SSSR count). The summed E-state index contributed by atoms with van der Waals surface area (Å²) in [6.07, 6.45) is 0. The van der Waals surface area contributed by atoms with E-state index < -0.39 is 0 Å². The summed E-state index contributed by atoms with van der Waals surface area (Å²) in [6, 6.07) is 0. The molecule has 56 valence electrons. The van der Waals surface area contributed by atoms with E-state index in [0.29, 0.717) is 13.3 Å². The molecule has 1 N–H and O–H groups in total. The molecule has 1 fully saturated rings. The van der Waals surface area contributed by atoms with Crippen molar-refractivity contribution in [3.8, 4) is 0 Å². The van der Waals surface area contributed by atoms with Gasteiger partial charge in [0, 0.05) is 0 Å². The molecule has 0 amide bonds. The maximum absolute atomic E-state index is 9.89. The van der Waals surface area contributed by atoms with Gasteiger partial charge in [0.15, 0.2) is 0 Å². The third-order valence-corrected chi connectivity index (χ3v) is 1.15. The lowest BCUT2D eigenvalue weighted by molar-refractivity contribution is 0.0676. The molecule has 10 heavy (non-hydrogen) atoms. The van der Waals surface area contributed by atoms with E-state index in [1.54, 1.807) is 0 Å². The van der Waals surface area contributed by atoms with Crippen molar-refractivity contribution in [2.75, 3.05) is 20.0 Å². The Labute approximate surface area is 56.9 Å². The largest absolute Gasteiger partial charge is 0.280 e. The maximum Gasteiger partial charge on any atom is 0.132 e. The van der Waals surface area contributed by atoms with Gasteiger partial charge in [-0.05, 0) is 0 Å². The Balaban J connectivity index is 2.38. The first-order chi connectivity index (χ1) is 4.86. The van der Waals surface area contributed by atoms with Crippen LogP contribution in [0, 0.1) is 9.81 Å². The summed E-state index contributed by atoms with van der Waals surface area (Å²) in [6.45, 7) is 0.908. The molecule has 0 radical (unpaired) electrons. The number of nitroso groups, excluding NO2 is 2. The van der Waals surface area contributed by atoms with E-state index in [-0.39, 0.29) is 6.67 Å². The van der Waals surface area contributed by atoms with E-state index in [4.69, 9.17) is 0 Å². The second kappa shape index (κ2) is 3.06. The van der Waals surface area contributed by atoms with Crippen molar-refractivity contribution in [3.63, 3.8) is 0 Å². The second-order valence-corrected chi connectivity index (χ2v) is 1.88. The zero-order chi connectivity index (χ0) is 7.40. The predicted octanol–water partition coefficient (Wildman–Crippen LogP) is -0.571. The van der Waals surface area contributed by atoms with Gasteiger partial charge in [0.1, 0.15) is 6.67 Å². The Kier molecular flexibility index (Phi) is 2.11. The summed E-state index contributed by atoms with van der Waals surface area (Å²) < 4.78 is 0. The fourth-order valence-electron chi connectivity index (χ4n) is 0.706. The van der Waals surface area contributed by atoms with Crippen LogP contribution < -0.4 is 5.32 Å². The van der Waals surface area contributed by atoms with E-state index in [1.165, 1.54) is 0 Å². The molecule has 0 aromatic heterocycles. The molecule has 0 spiro atoms. The molecule has 0 unspecified atom stereocenters. The highest BCUT2D eigenvalue weighted by atomic mass is 16.3. The molecule has 0 aromatic rings. The van der Waals surface area contributed by atoms with E-state index in [9.17, 15) is 9.81 Å². The Morgan fingerprint density at radius 2 is 1.60 bits per heavy atom. The second-order valence-electron chi connectivity index (χ2n) is 1.88. The molecular weight excluding hydrogens is 138 g/mol. The third kappa shape index (κ3) is 1.38. The molecule has 0 bridgehead atoms. The van der Waals surface area contributed by atoms with Crippen molar-refractivity contribution in [3.05, 3.63) is 9.81 Å². The molecule has 0 atom stereocenters. The number of nitrogens with one attached hydrogen (secondary N) is 1. The zero-order valence-corrected chi connectivity index (χ0v) is 5.23. The van der Waals surface area contributed by atoms with Crippen LogP contribution in [0.1, 0.15) is 0 Å². The predicted molar refractivity (Wildman–Crippen MR) is 33.0 cm³/mol. The maximum atomic E-state index is 9.89. The van der Waals surface area contributed by atoms with Crippen molar-refractivity contribution in [2.24, 2.45) is 10.6 Å². The zero-order valence-electron chi connectivity index (χ0n) is 5.23. The highest BCUT2D eigenvalue weighted by Crippen LogP contribution is 1.97. The molecule has 7 nitrogen and oxygen atoms in total. The van der Waals surface area contributed by atoms with Gasteiger partial charge in [-0.2, -0.15) is 0 Å². The summed E-state index contributed by atoms with van der Waals surface area (Å²) in [5, 5.41) is 10.3. The van der Waals surface area contributed by atoms with Crippen LogP contribution in [0.4, 0.5) is 0 Å². The van der Waals surface area contributed by atoms with E-state index in [1.807, 2.05) is 0 Å². The summed E-state index contributed by atoms with van der Waals surface area (Å²) in [5.41, 5.74) is 0. The van der Waals surface area contributed by atoms with E-state index in [0.717, 1.165) is 10.0 Å². The van der Waals surface area contributed by atoms with Gasteiger partial charge in [-0.3, -0.25) is 5.32 Å². The molecule has 7 heteroatoms. The van der Waals surface area contributed by atoms with E-state index >= 15 is 0 Å².